The molecule has 1 saturated carbocycles. The Labute approximate surface area is 117 Å². The highest BCUT2D eigenvalue weighted by molar-refractivity contribution is 9.10. The van der Waals surface area contributed by atoms with Crippen LogP contribution in [0, 0.1) is 0 Å². The number of thiophene rings is 1. The largest absolute Gasteiger partial charge is 0.305 e. The number of rotatable bonds is 2. The van der Waals surface area contributed by atoms with E-state index in [4.69, 9.17) is 0 Å². The molecule has 0 radical (unpaired) electrons. The van der Waals surface area contributed by atoms with E-state index < -0.39 is 0 Å². The summed E-state index contributed by atoms with van der Waals surface area (Å²) < 4.78 is 0.606. The molecule has 2 aromatic heterocycles. The molecule has 3 nitrogen and oxygen atoms in total. The maximum atomic E-state index is 12.0. The molecule has 0 spiro atoms. The van der Waals surface area contributed by atoms with Crippen LogP contribution in [0.25, 0.3) is 10.7 Å². The van der Waals surface area contributed by atoms with Gasteiger partial charge in [0, 0.05) is 5.92 Å². The van der Waals surface area contributed by atoms with Crippen molar-refractivity contribution in [3.8, 4) is 10.7 Å². The molecule has 1 N–H and O–H groups in total. The molecule has 1 fully saturated rings. The number of aromatic amines is 1. The van der Waals surface area contributed by atoms with E-state index in [1.165, 1.54) is 12.8 Å². The lowest BCUT2D eigenvalue weighted by atomic mass is 10.0. The first-order chi connectivity index (χ1) is 8.75. The highest BCUT2D eigenvalue weighted by atomic mass is 79.9. The number of aromatic nitrogens is 2. The minimum atomic E-state index is -0.0738. The van der Waals surface area contributed by atoms with Gasteiger partial charge in [-0.05, 0) is 40.2 Å². The molecular weight excluding hydrogens is 312 g/mol. The van der Waals surface area contributed by atoms with Crippen LogP contribution in [-0.4, -0.2) is 9.97 Å². The molecule has 0 unspecified atom stereocenters. The van der Waals surface area contributed by atoms with Crippen LogP contribution in [0.3, 0.4) is 0 Å². The predicted octanol–water partition coefficient (Wildman–Crippen LogP) is 3.92. The normalized spacial score (nSPS) is 16.3. The molecule has 2 heterocycles. The van der Waals surface area contributed by atoms with Gasteiger partial charge in [0.1, 0.15) is 4.47 Å². The van der Waals surface area contributed by atoms with E-state index in [1.807, 2.05) is 17.5 Å². The van der Waals surface area contributed by atoms with Gasteiger partial charge in [-0.25, -0.2) is 4.98 Å². The number of nitrogens with zero attached hydrogens (tertiary/aromatic N) is 1. The van der Waals surface area contributed by atoms with E-state index in [0.29, 0.717) is 16.2 Å². The average Bonchev–Trinajstić information content (AvgIpc) is 3.03. The number of nitrogens with one attached hydrogen (secondary N) is 1. The molecule has 2 aromatic rings. The van der Waals surface area contributed by atoms with E-state index in [1.54, 1.807) is 11.3 Å². The van der Waals surface area contributed by atoms with Crippen molar-refractivity contribution >= 4 is 27.3 Å². The summed E-state index contributed by atoms with van der Waals surface area (Å²) in [7, 11) is 0. The molecule has 1 aliphatic rings. The second-order valence-corrected chi connectivity index (χ2v) is 6.31. The Bertz CT molecular complexity index is 600. The maximum Gasteiger partial charge on any atom is 0.265 e. The molecular formula is C13H13BrN2OS. The Morgan fingerprint density at radius 1 is 1.39 bits per heavy atom. The molecule has 0 aliphatic heterocycles. The lowest BCUT2D eigenvalue weighted by Crippen LogP contribution is -2.15. The number of hydrogen-bond donors (Lipinski definition) is 1. The van der Waals surface area contributed by atoms with Gasteiger partial charge in [-0.3, -0.25) is 4.79 Å². The summed E-state index contributed by atoms with van der Waals surface area (Å²) in [4.78, 5) is 20.5. The fourth-order valence-electron chi connectivity index (χ4n) is 2.48. The lowest BCUT2D eigenvalue weighted by Gasteiger charge is -2.11. The number of H-pyrrole nitrogens is 1. The Morgan fingerprint density at radius 2 is 2.17 bits per heavy atom. The maximum absolute atomic E-state index is 12.0. The van der Waals surface area contributed by atoms with E-state index in [-0.39, 0.29) is 5.56 Å². The van der Waals surface area contributed by atoms with Gasteiger partial charge >= 0.3 is 0 Å². The molecule has 0 atom stereocenters. The zero-order valence-electron chi connectivity index (χ0n) is 9.78. The van der Waals surface area contributed by atoms with Crippen molar-refractivity contribution in [2.45, 2.75) is 31.6 Å². The van der Waals surface area contributed by atoms with Crippen molar-refractivity contribution < 1.29 is 0 Å². The van der Waals surface area contributed by atoms with Crippen LogP contribution in [0.2, 0.25) is 0 Å². The van der Waals surface area contributed by atoms with Crippen LogP contribution < -0.4 is 5.56 Å². The van der Waals surface area contributed by atoms with E-state index in [2.05, 4.69) is 25.9 Å². The molecule has 0 aromatic carbocycles. The van der Waals surface area contributed by atoms with Crippen molar-refractivity contribution in [1.82, 2.24) is 9.97 Å². The van der Waals surface area contributed by atoms with Gasteiger partial charge in [0.15, 0.2) is 5.82 Å². The molecule has 1 aliphatic carbocycles. The lowest BCUT2D eigenvalue weighted by molar-refractivity contribution is 0.688. The molecule has 3 rings (SSSR count). The van der Waals surface area contributed by atoms with Gasteiger partial charge in [-0.1, -0.05) is 18.9 Å². The molecule has 5 heteroatoms. The zero-order valence-corrected chi connectivity index (χ0v) is 12.2. The standard InChI is InChI=1S/C13H13BrN2OS/c14-10-11(8-4-1-2-5-8)15-12(16-13(10)17)9-6-3-7-18-9/h3,6-8H,1-2,4-5H2,(H,15,16,17). The summed E-state index contributed by atoms with van der Waals surface area (Å²) in [6.07, 6.45) is 4.75. The van der Waals surface area contributed by atoms with Crippen molar-refractivity contribution in [3.63, 3.8) is 0 Å². The Balaban J connectivity index is 2.10. The zero-order chi connectivity index (χ0) is 12.5. The first-order valence-corrected chi connectivity index (χ1v) is 7.76. The third-order valence-corrected chi connectivity index (χ3v) is 5.03. The topological polar surface area (TPSA) is 45.8 Å². The Morgan fingerprint density at radius 3 is 2.83 bits per heavy atom. The van der Waals surface area contributed by atoms with Gasteiger partial charge in [0.25, 0.3) is 5.56 Å². The van der Waals surface area contributed by atoms with Crippen molar-refractivity contribution in [2.24, 2.45) is 0 Å². The highest BCUT2D eigenvalue weighted by Gasteiger charge is 2.23. The van der Waals surface area contributed by atoms with Gasteiger partial charge in [-0.15, -0.1) is 11.3 Å². The third kappa shape index (κ3) is 2.17. The first kappa shape index (κ1) is 12.1. The van der Waals surface area contributed by atoms with Crippen molar-refractivity contribution in [2.75, 3.05) is 0 Å². The average molecular weight is 325 g/mol. The first-order valence-electron chi connectivity index (χ1n) is 6.09. The predicted molar refractivity (Wildman–Crippen MR) is 77.1 cm³/mol. The van der Waals surface area contributed by atoms with Crippen LogP contribution in [0.5, 0.6) is 0 Å². The van der Waals surface area contributed by atoms with Crippen LogP contribution in [0.15, 0.2) is 26.8 Å². The van der Waals surface area contributed by atoms with E-state index in [9.17, 15) is 4.79 Å². The van der Waals surface area contributed by atoms with Gasteiger partial charge in [0.05, 0.1) is 10.6 Å². The smallest absolute Gasteiger partial charge is 0.265 e. The fourth-order valence-corrected chi connectivity index (χ4v) is 3.66. The van der Waals surface area contributed by atoms with Gasteiger partial charge in [0.2, 0.25) is 0 Å². The van der Waals surface area contributed by atoms with Gasteiger partial charge < -0.3 is 4.98 Å². The van der Waals surface area contributed by atoms with Crippen molar-refractivity contribution in [3.05, 3.63) is 38.0 Å². The minimum absolute atomic E-state index is 0.0738. The SMILES string of the molecule is O=c1[nH]c(-c2cccs2)nc(C2CCCC2)c1Br. The van der Waals surface area contributed by atoms with Crippen LogP contribution in [-0.2, 0) is 0 Å². The molecule has 0 amide bonds. The van der Waals surface area contributed by atoms with Crippen LogP contribution in [0.1, 0.15) is 37.3 Å². The summed E-state index contributed by atoms with van der Waals surface area (Å²) in [6.45, 7) is 0. The van der Waals surface area contributed by atoms with Crippen molar-refractivity contribution in [1.29, 1.82) is 0 Å². The van der Waals surface area contributed by atoms with Gasteiger partial charge in [-0.2, -0.15) is 0 Å². The minimum Gasteiger partial charge on any atom is -0.305 e. The van der Waals surface area contributed by atoms with E-state index >= 15 is 0 Å². The van der Waals surface area contributed by atoms with E-state index in [0.717, 1.165) is 23.4 Å². The number of halogens is 1. The molecule has 0 saturated heterocycles. The molecule has 94 valence electrons. The quantitative estimate of drug-likeness (QED) is 0.910. The van der Waals surface area contributed by atoms with Crippen LogP contribution >= 0.6 is 27.3 Å². The van der Waals surface area contributed by atoms with Crippen LogP contribution in [0.4, 0.5) is 0 Å². The summed E-state index contributed by atoms with van der Waals surface area (Å²) in [6, 6.07) is 3.95. The monoisotopic (exact) mass is 324 g/mol. The highest BCUT2D eigenvalue weighted by Crippen LogP contribution is 2.36. The summed E-state index contributed by atoms with van der Waals surface area (Å²) >= 11 is 4.98. The Kier molecular flexibility index (Phi) is 3.35. The molecule has 18 heavy (non-hydrogen) atoms. The second kappa shape index (κ2) is 4.97. The second-order valence-electron chi connectivity index (χ2n) is 4.57. The summed E-state index contributed by atoms with van der Waals surface area (Å²) in [5, 5.41) is 1.99. The molecule has 0 bridgehead atoms. The fraction of sp³-hybridized carbons (Fsp3) is 0.385. The summed E-state index contributed by atoms with van der Waals surface area (Å²) in [5.41, 5.74) is 0.856. The summed E-state index contributed by atoms with van der Waals surface area (Å²) in [5.74, 6) is 1.13. The third-order valence-electron chi connectivity index (χ3n) is 3.38. The Hall–Kier alpha value is -0.940. The number of hydrogen-bond acceptors (Lipinski definition) is 3.